The fraction of sp³-hybridized carbons (Fsp3) is 0.400. The Morgan fingerprint density at radius 2 is 1.84 bits per heavy atom. The molecule has 1 aromatic heterocycles. The van der Waals surface area contributed by atoms with Crippen LogP contribution in [0.2, 0.25) is 0 Å². The van der Waals surface area contributed by atoms with Gasteiger partial charge in [-0.1, -0.05) is 23.4 Å². The van der Waals surface area contributed by atoms with Gasteiger partial charge in [0, 0.05) is 44.0 Å². The SMILES string of the molecule is Cc1oncc1CN1CCN(c2ccccc2)CC1. The van der Waals surface area contributed by atoms with Gasteiger partial charge in [-0.05, 0) is 19.1 Å². The van der Waals surface area contributed by atoms with E-state index in [0.29, 0.717) is 0 Å². The van der Waals surface area contributed by atoms with Crippen molar-refractivity contribution in [3.05, 3.63) is 47.9 Å². The molecule has 1 saturated heterocycles. The highest BCUT2D eigenvalue weighted by atomic mass is 16.5. The molecular formula is C15H19N3O. The Morgan fingerprint density at radius 1 is 1.11 bits per heavy atom. The van der Waals surface area contributed by atoms with E-state index in [-0.39, 0.29) is 0 Å². The zero-order valence-corrected chi connectivity index (χ0v) is 11.2. The van der Waals surface area contributed by atoms with Gasteiger partial charge in [0.1, 0.15) is 5.76 Å². The summed E-state index contributed by atoms with van der Waals surface area (Å²) in [5, 5.41) is 3.84. The molecule has 0 bridgehead atoms. The summed E-state index contributed by atoms with van der Waals surface area (Å²) in [6.45, 7) is 7.24. The maximum atomic E-state index is 5.11. The lowest BCUT2D eigenvalue weighted by atomic mass is 10.2. The van der Waals surface area contributed by atoms with Crippen molar-refractivity contribution in [3.8, 4) is 0 Å². The third-order valence-corrected chi connectivity index (χ3v) is 3.74. The summed E-state index contributed by atoms with van der Waals surface area (Å²) in [6.07, 6.45) is 1.83. The summed E-state index contributed by atoms with van der Waals surface area (Å²) in [7, 11) is 0. The van der Waals surface area contributed by atoms with E-state index < -0.39 is 0 Å². The van der Waals surface area contributed by atoms with E-state index in [1.807, 2.05) is 13.1 Å². The van der Waals surface area contributed by atoms with Crippen molar-refractivity contribution in [2.45, 2.75) is 13.5 Å². The normalized spacial score (nSPS) is 16.8. The molecule has 19 heavy (non-hydrogen) atoms. The predicted octanol–water partition coefficient (Wildman–Crippen LogP) is 2.31. The summed E-state index contributed by atoms with van der Waals surface area (Å²) in [5.74, 6) is 0.936. The molecule has 3 rings (SSSR count). The van der Waals surface area contributed by atoms with Crippen LogP contribution in [0.25, 0.3) is 0 Å². The minimum absolute atomic E-state index is 0.936. The molecule has 100 valence electrons. The van der Waals surface area contributed by atoms with Crippen LogP contribution in [-0.2, 0) is 6.54 Å². The van der Waals surface area contributed by atoms with Crippen LogP contribution in [0.1, 0.15) is 11.3 Å². The van der Waals surface area contributed by atoms with E-state index in [0.717, 1.165) is 38.5 Å². The monoisotopic (exact) mass is 257 g/mol. The summed E-state index contributed by atoms with van der Waals surface area (Å²) in [6, 6.07) is 10.6. The van der Waals surface area contributed by atoms with E-state index in [2.05, 4.69) is 45.3 Å². The third-order valence-electron chi connectivity index (χ3n) is 3.74. The van der Waals surface area contributed by atoms with Crippen molar-refractivity contribution in [2.75, 3.05) is 31.1 Å². The number of anilines is 1. The molecule has 0 radical (unpaired) electrons. The first-order valence-electron chi connectivity index (χ1n) is 6.75. The molecule has 0 N–H and O–H groups in total. The van der Waals surface area contributed by atoms with E-state index in [1.54, 1.807) is 0 Å². The van der Waals surface area contributed by atoms with Crippen LogP contribution in [0.5, 0.6) is 0 Å². The fourth-order valence-electron chi connectivity index (χ4n) is 2.51. The van der Waals surface area contributed by atoms with Gasteiger partial charge in [0.2, 0.25) is 0 Å². The number of hydrogen-bond acceptors (Lipinski definition) is 4. The number of aryl methyl sites for hydroxylation is 1. The summed E-state index contributed by atoms with van der Waals surface area (Å²) in [4.78, 5) is 4.90. The van der Waals surface area contributed by atoms with Crippen molar-refractivity contribution in [1.29, 1.82) is 0 Å². The minimum atomic E-state index is 0.936. The van der Waals surface area contributed by atoms with Crippen LogP contribution in [0.3, 0.4) is 0 Å². The number of benzene rings is 1. The lowest BCUT2D eigenvalue weighted by Crippen LogP contribution is -2.45. The van der Waals surface area contributed by atoms with Gasteiger partial charge in [-0.15, -0.1) is 0 Å². The Balaban J connectivity index is 1.57. The van der Waals surface area contributed by atoms with Gasteiger partial charge in [0.15, 0.2) is 0 Å². The molecule has 0 aliphatic carbocycles. The van der Waals surface area contributed by atoms with Crippen molar-refractivity contribution in [2.24, 2.45) is 0 Å². The summed E-state index contributed by atoms with van der Waals surface area (Å²) in [5.41, 5.74) is 2.52. The Kier molecular flexibility index (Phi) is 3.51. The number of hydrogen-bond donors (Lipinski definition) is 0. The molecule has 1 aliphatic rings. The van der Waals surface area contributed by atoms with Crippen molar-refractivity contribution in [1.82, 2.24) is 10.1 Å². The van der Waals surface area contributed by atoms with Crippen molar-refractivity contribution >= 4 is 5.69 Å². The Hall–Kier alpha value is -1.81. The predicted molar refractivity (Wildman–Crippen MR) is 75.2 cm³/mol. The highest BCUT2D eigenvalue weighted by molar-refractivity contribution is 5.46. The fourth-order valence-corrected chi connectivity index (χ4v) is 2.51. The number of piperazine rings is 1. The van der Waals surface area contributed by atoms with E-state index in [9.17, 15) is 0 Å². The van der Waals surface area contributed by atoms with Gasteiger partial charge in [0.05, 0.1) is 6.20 Å². The van der Waals surface area contributed by atoms with Crippen molar-refractivity contribution in [3.63, 3.8) is 0 Å². The molecule has 2 heterocycles. The van der Waals surface area contributed by atoms with E-state index >= 15 is 0 Å². The first-order chi connectivity index (χ1) is 9.33. The Labute approximate surface area is 113 Å². The lowest BCUT2D eigenvalue weighted by Gasteiger charge is -2.35. The Bertz CT molecular complexity index is 515. The topological polar surface area (TPSA) is 32.5 Å². The zero-order valence-electron chi connectivity index (χ0n) is 11.2. The van der Waals surface area contributed by atoms with E-state index in [4.69, 9.17) is 4.52 Å². The third kappa shape index (κ3) is 2.79. The number of aromatic nitrogens is 1. The summed E-state index contributed by atoms with van der Waals surface area (Å²) >= 11 is 0. The molecule has 2 aromatic rings. The second kappa shape index (κ2) is 5.45. The standard InChI is InChI=1S/C15H19N3O/c1-13-14(11-16-19-13)12-17-7-9-18(10-8-17)15-5-3-2-4-6-15/h2-6,11H,7-10,12H2,1H3. The van der Waals surface area contributed by atoms with Crippen LogP contribution in [0.15, 0.2) is 41.1 Å². The van der Waals surface area contributed by atoms with Gasteiger partial charge in [-0.25, -0.2) is 0 Å². The molecule has 1 fully saturated rings. The second-order valence-electron chi connectivity index (χ2n) is 5.01. The van der Waals surface area contributed by atoms with Crippen molar-refractivity contribution < 1.29 is 4.52 Å². The minimum Gasteiger partial charge on any atom is -0.369 e. The maximum Gasteiger partial charge on any atom is 0.138 e. The molecule has 0 spiro atoms. The van der Waals surface area contributed by atoms with Crippen LogP contribution in [0, 0.1) is 6.92 Å². The molecule has 4 nitrogen and oxygen atoms in total. The molecule has 0 atom stereocenters. The smallest absolute Gasteiger partial charge is 0.138 e. The molecule has 4 heteroatoms. The maximum absolute atomic E-state index is 5.11. The van der Waals surface area contributed by atoms with Gasteiger partial charge in [-0.3, -0.25) is 4.90 Å². The van der Waals surface area contributed by atoms with Crippen LogP contribution in [0.4, 0.5) is 5.69 Å². The van der Waals surface area contributed by atoms with E-state index in [1.165, 1.54) is 11.3 Å². The number of rotatable bonds is 3. The summed E-state index contributed by atoms with van der Waals surface area (Å²) < 4.78 is 5.11. The first kappa shape index (κ1) is 12.2. The average molecular weight is 257 g/mol. The quantitative estimate of drug-likeness (QED) is 0.844. The zero-order chi connectivity index (χ0) is 13.1. The number of nitrogens with zero attached hydrogens (tertiary/aromatic N) is 3. The van der Waals surface area contributed by atoms with Gasteiger partial charge >= 0.3 is 0 Å². The molecule has 0 saturated carbocycles. The Morgan fingerprint density at radius 3 is 2.47 bits per heavy atom. The first-order valence-corrected chi connectivity index (χ1v) is 6.75. The highest BCUT2D eigenvalue weighted by Gasteiger charge is 2.18. The average Bonchev–Trinajstić information content (AvgIpc) is 2.86. The lowest BCUT2D eigenvalue weighted by molar-refractivity contribution is 0.248. The number of para-hydroxylation sites is 1. The van der Waals surface area contributed by atoms with Crippen LogP contribution >= 0.6 is 0 Å². The molecule has 0 amide bonds. The largest absolute Gasteiger partial charge is 0.369 e. The van der Waals surface area contributed by atoms with Crippen LogP contribution in [-0.4, -0.2) is 36.2 Å². The van der Waals surface area contributed by atoms with Gasteiger partial charge in [-0.2, -0.15) is 0 Å². The molecular weight excluding hydrogens is 238 g/mol. The molecule has 1 aliphatic heterocycles. The molecule has 1 aromatic carbocycles. The van der Waals surface area contributed by atoms with Gasteiger partial charge < -0.3 is 9.42 Å². The molecule has 0 unspecified atom stereocenters. The highest BCUT2D eigenvalue weighted by Crippen LogP contribution is 2.17. The van der Waals surface area contributed by atoms with Gasteiger partial charge in [0.25, 0.3) is 0 Å². The van der Waals surface area contributed by atoms with Crippen LogP contribution < -0.4 is 4.90 Å². The second-order valence-corrected chi connectivity index (χ2v) is 5.01.